The molecule has 0 bridgehead atoms. The molecular formula is C28H33N5O7S. The first-order valence-corrected chi connectivity index (χ1v) is 13.5. The Morgan fingerprint density at radius 2 is 1.88 bits per heavy atom. The minimum atomic E-state index is -2.68. The minimum Gasteiger partial charge on any atom is -0.508 e. The number of rotatable bonds is 5. The molecule has 13 heteroatoms. The number of phenols is 1. The molecule has 12 nitrogen and oxygen atoms in total. The van der Waals surface area contributed by atoms with Crippen molar-refractivity contribution in [3.05, 3.63) is 56.3 Å². The maximum Gasteiger partial charge on any atom is 0.255 e. The first-order chi connectivity index (χ1) is 19.1. The van der Waals surface area contributed by atoms with Gasteiger partial charge < -0.3 is 40.6 Å². The SMILES string of the molecule is Cc1c[nH]c(=S)n1Cc1cc(N(C)C)c2c(c1O)C(O)=C1C(=O)[C@]3(O)C(O)=C(C(N)=O)C(=O)[C@@H](N(C)C)[C@@H]3C[C@@H]1C2. The fourth-order valence-electron chi connectivity index (χ4n) is 6.71. The summed E-state index contributed by atoms with van der Waals surface area (Å²) in [5, 5.41) is 45.9. The number of carbonyl (C=O) groups excluding carboxylic acids is 3. The van der Waals surface area contributed by atoms with Crippen LogP contribution in [0.3, 0.4) is 0 Å². The van der Waals surface area contributed by atoms with E-state index in [0.717, 1.165) is 5.69 Å². The van der Waals surface area contributed by atoms with Crippen molar-refractivity contribution in [1.29, 1.82) is 0 Å². The summed E-state index contributed by atoms with van der Waals surface area (Å²) in [5.74, 6) is -6.78. The molecule has 0 saturated heterocycles. The predicted molar refractivity (Wildman–Crippen MR) is 152 cm³/mol. The third-order valence-electron chi connectivity index (χ3n) is 8.66. The molecule has 1 aromatic carbocycles. The molecule has 218 valence electrons. The number of aromatic hydroxyl groups is 1. The van der Waals surface area contributed by atoms with Gasteiger partial charge in [-0.05, 0) is 63.6 Å². The van der Waals surface area contributed by atoms with Crippen LogP contribution in [0.1, 0.15) is 28.8 Å². The summed E-state index contributed by atoms with van der Waals surface area (Å²) < 4.78 is 2.22. The topological polar surface area (TPSA) is 185 Å². The van der Waals surface area contributed by atoms with E-state index in [2.05, 4.69) is 4.98 Å². The number of imidazole rings is 1. The Morgan fingerprint density at radius 1 is 1.22 bits per heavy atom. The molecule has 1 aromatic heterocycles. The van der Waals surface area contributed by atoms with Gasteiger partial charge in [0.25, 0.3) is 5.91 Å². The van der Waals surface area contributed by atoms with Crippen LogP contribution < -0.4 is 10.6 Å². The second kappa shape index (κ2) is 9.57. The largest absolute Gasteiger partial charge is 0.508 e. The van der Waals surface area contributed by atoms with Crippen molar-refractivity contribution in [3.63, 3.8) is 0 Å². The monoisotopic (exact) mass is 583 g/mol. The molecule has 5 rings (SSSR count). The maximum atomic E-state index is 14.1. The first-order valence-electron chi connectivity index (χ1n) is 13.1. The number of carbonyl (C=O) groups is 3. The standard InChI is InChI=1S/C28H33N5O7S/c1-11-9-30-27(41)33(11)10-13-8-16(31(2)3)14-6-12-7-15-20(32(4)5)23(36)19(26(29)39)25(38)28(15,40)24(37)17(12)22(35)18(14)21(13)34/h8-9,12,15,20,34-35,38,40H,6-7,10H2,1-5H3,(H2,29,39)(H,30,41)/t12-,15-,20-,28-/m0/s1. The van der Waals surface area contributed by atoms with E-state index >= 15 is 0 Å². The summed E-state index contributed by atoms with van der Waals surface area (Å²) in [6.07, 6.45) is 1.97. The fraction of sp³-hybridized carbons (Fsp3) is 0.429. The van der Waals surface area contributed by atoms with Gasteiger partial charge >= 0.3 is 0 Å². The molecule has 0 radical (unpaired) electrons. The van der Waals surface area contributed by atoms with Crippen LogP contribution in [-0.2, 0) is 27.3 Å². The Morgan fingerprint density at radius 3 is 2.41 bits per heavy atom. The van der Waals surface area contributed by atoms with Crippen molar-refractivity contribution < 1.29 is 34.8 Å². The van der Waals surface area contributed by atoms with E-state index < -0.39 is 58.0 Å². The minimum absolute atomic E-state index is 0.0266. The van der Waals surface area contributed by atoms with Gasteiger partial charge in [0.05, 0.1) is 18.2 Å². The van der Waals surface area contributed by atoms with Gasteiger partial charge in [-0.15, -0.1) is 0 Å². The van der Waals surface area contributed by atoms with E-state index in [9.17, 15) is 34.8 Å². The number of likely N-dealkylation sites (N-methyl/N-ethyl adjacent to an activating group) is 1. The number of aliphatic hydroxyl groups excluding tert-OH is 2. The van der Waals surface area contributed by atoms with Crippen molar-refractivity contribution in [3.8, 4) is 5.75 Å². The average Bonchev–Trinajstić information content (AvgIpc) is 3.19. The molecule has 1 heterocycles. The van der Waals surface area contributed by atoms with E-state index in [-0.39, 0.29) is 36.3 Å². The molecule has 7 N–H and O–H groups in total. The van der Waals surface area contributed by atoms with Gasteiger partial charge in [0.1, 0.15) is 22.8 Å². The van der Waals surface area contributed by atoms with Crippen molar-refractivity contribution in [2.24, 2.45) is 17.6 Å². The van der Waals surface area contributed by atoms with Gasteiger partial charge in [0, 0.05) is 48.7 Å². The van der Waals surface area contributed by atoms with Crippen molar-refractivity contribution in [2.75, 3.05) is 33.1 Å². The number of primary amides is 1. The van der Waals surface area contributed by atoms with Crippen LogP contribution in [0.2, 0.25) is 0 Å². The number of fused-ring (bicyclic) bond motifs is 3. The van der Waals surface area contributed by atoms with E-state index in [1.807, 2.05) is 32.0 Å². The maximum absolute atomic E-state index is 14.1. The number of hydrogen-bond donors (Lipinski definition) is 6. The summed E-state index contributed by atoms with van der Waals surface area (Å²) in [6, 6.07) is 0.674. The number of anilines is 1. The second-order valence-corrected chi connectivity index (χ2v) is 11.8. The number of nitrogens with zero attached hydrogens (tertiary/aromatic N) is 3. The van der Waals surface area contributed by atoms with Gasteiger partial charge in [0.15, 0.2) is 16.2 Å². The quantitative estimate of drug-likeness (QED) is 0.221. The molecule has 1 amide bonds. The number of aromatic amines is 1. The van der Waals surface area contributed by atoms with E-state index in [0.29, 0.717) is 21.6 Å². The third kappa shape index (κ3) is 3.94. The van der Waals surface area contributed by atoms with E-state index in [1.165, 1.54) is 4.90 Å². The zero-order valence-electron chi connectivity index (χ0n) is 23.3. The fourth-order valence-corrected chi connectivity index (χ4v) is 6.98. The Hall–Kier alpha value is -3.94. The number of aliphatic hydroxyl groups is 3. The Bertz CT molecular complexity index is 1650. The number of aromatic nitrogens is 2. The number of phenolic OH excluding ortho intramolecular Hbond substituents is 1. The number of hydrogen-bond acceptors (Lipinski definition) is 10. The van der Waals surface area contributed by atoms with Crippen molar-refractivity contribution >= 4 is 41.1 Å². The first kappa shape index (κ1) is 28.6. The molecule has 1 fully saturated rings. The number of Topliss-reactive ketones (excluding diaryl/α,β-unsaturated/α-hetero) is 2. The molecule has 2 aromatic rings. The number of nitrogens with two attached hydrogens (primary N) is 1. The van der Waals surface area contributed by atoms with Gasteiger partial charge in [-0.3, -0.25) is 19.3 Å². The molecule has 0 aliphatic heterocycles. The smallest absolute Gasteiger partial charge is 0.255 e. The zero-order chi connectivity index (χ0) is 30.3. The highest BCUT2D eigenvalue weighted by molar-refractivity contribution is 7.71. The Labute approximate surface area is 241 Å². The van der Waals surface area contributed by atoms with Crippen LogP contribution in [0.4, 0.5) is 5.69 Å². The van der Waals surface area contributed by atoms with Gasteiger partial charge in [-0.25, -0.2) is 0 Å². The van der Waals surface area contributed by atoms with Crippen LogP contribution in [0.25, 0.3) is 5.76 Å². The molecule has 0 spiro atoms. The number of benzene rings is 1. The highest BCUT2D eigenvalue weighted by Crippen LogP contribution is 2.54. The van der Waals surface area contributed by atoms with Crippen LogP contribution in [0.15, 0.2) is 29.2 Å². The second-order valence-electron chi connectivity index (χ2n) is 11.4. The summed E-state index contributed by atoms with van der Waals surface area (Å²) in [4.78, 5) is 45.8. The molecule has 4 atom stereocenters. The number of aryl methyl sites for hydroxylation is 1. The molecule has 1 saturated carbocycles. The van der Waals surface area contributed by atoms with Crippen LogP contribution in [0.5, 0.6) is 5.75 Å². The summed E-state index contributed by atoms with van der Waals surface area (Å²) >= 11 is 5.37. The number of nitrogens with one attached hydrogen (secondary N) is 1. The van der Waals surface area contributed by atoms with Crippen LogP contribution >= 0.6 is 12.2 Å². The predicted octanol–water partition coefficient (Wildman–Crippen LogP) is 1.25. The lowest BCUT2D eigenvalue weighted by Crippen LogP contribution is -2.65. The van der Waals surface area contributed by atoms with Crippen molar-refractivity contribution in [2.45, 2.75) is 38.0 Å². The van der Waals surface area contributed by atoms with E-state index in [4.69, 9.17) is 18.0 Å². The molecule has 3 aliphatic rings. The summed E-state index contributed by atoms with van der Waals surface area (Å²) in [6.45, 7) is 2.03. The van der Waals surface area contributed by atoms with Crippen LogP contribution in [-0.4, -0.2) is 92.2 Å². The lowest BCUT2D eigenvalue weighted by molar-refractivity contribution is -0.153. The Balaban J connectivity index is 1.74. The van der Waals surface area contributed by atoms with Gasteiger partial charge in [0.2, 0.25) is 5.78 Å². The number of amides is 1. The number of H-pyrrole nitrogens is 1. The highest BCUT2D eigenvalue weighted by atomic mass is 32.1. The molecular weight excluding hydrogens is 550 g/mol. The van der Waals surface area contributed by atoms with E-state index in [1.54, 1.807) is 24.9 Å². The lowest BCUT2D eigenvalue weighted by Gasteiger charge is -2.50. The lowest BCUT2D eigenvalue weighted by atomic mass is 9.57. The Kier molecular flexibility index (Phi) is 6.67. The summed E-state index contributed by atoms with van der Waals surface area (Å²) in [5.41, 5.74) is 4.27. The highest BCUT2D eigenvalue weighted by Gasteiger charge is 2.64. The molecule has 3 aliphatic carbocycles. The molecule has 41 heavy (non-hydrogen) atoms. The normalized spacial score (nSPS) is 25.8. The number of ketones is 2. The average molecular weight is 584 g/mol. The van der Waals surface area contributed by atoms with Gasteiger partial charge in [-0.1, -0.05) is 0 Å². The zero-order valence-corrected chi connectivity index (χ0v) is 24.2. The van der Waals surface area contributed by atoms with Crippen molar-refractivity contribution in [1.82, 2.24) is 14.5 Å². The van der Waals surface area contributed by atoms with Gasteiger partial charge in [-0.2, -0.15) is 0 Å². The summed E-state index contributed by atoms with van der Waals surface area (Å²) in [7, 11) is 6.77. The molecule has 0 unspecified atom stereocenters. The van der Waals surface area contributed by atoms with Crippen LogP contribution in [0, 0.1) is 23.5 Å². The third-order valence-corrected chi connectivity index (χ3v) is 9.00.